The molecule has 0 saturated carbocycles. The van der Waals surface area contributed by atoms with Crippen LogP contribution in [0.1, 0.15) is 27.8 Å². The van der Waals surface area contributed by atoms with E-state index in [0.717, 1.165) is 39.8 Å². The maximum absolute atomic E-state index is 12.6. The first-order chi connectivity index (χ1) is 12.8. The minimum Gasteiger partial charge on any atom is -0.422 e. The molecular formula is C21H20F3NO2. The van der Waals surface area contributed by atoms with Crippen molar-refractivity contribution in [3.05, 3.63) is 80.7 Å². The highest BCUT2D eigenvalue weighted by atomic mass is 19.4. The second-order valence-corrected chi connectivity index (χ2v) is 6.60. The van der Waals surface area contributed by atoms with Crippen LogP contribution >= 0.6 is 0 Å². The van der Waals surface area contributed by atoms with E-state index in [9.17, 15) is 18.0 Å². The Morgan fingerprint density at radius 3 is 2.41 bits per heavy atom. The Bertz CT molecular complexity index is 1000. The summed E-state index contributed by atoms with van der Waals surface area (Å²) in [6.45, 7) is 4.94. The van der Waals surface area contributed by atoms with Crippen LogP contribution in [0.3, 0.4) is 0 Å². The van der Waals surface area contributed by atoms with Crippen molar-refractivity contribution in [3.63, 3.8) is 0 Å². The van der Waals surface area contributed by atoms with Crippen molar-refractivity contribution in [1.82, 2.24) is 5.32 Å². The average Bonchev–Trinajstić information content (AvgIpc) is 2.62. The Hall–Kier alpha value is -2.60. The third kappa shape index (κ3) is 4.39. The molecule has 1 heterocycles. The largest absolute Gasteiger partial charge is 0.422 e. The third-order valence-corrected chi connectivity index (χ3v) is 4.70. The van der Waals surface area contributed by atoms with Crippen LogP contribution in [-0.4, -0.2) is 6.54 Å². The van der Waals surface area contributed by atoms with Crippen molar-refractivity contribution in [2.45, 2.75) is 33.0 Å². The van der Waals surface area contributed by atoms with Crippen LogP contribution in [0.4, 0.5) is 13.2 Å². The molecule has 142 valence electrons. The van der Waals surface area contributed by atoms with Crippen molar-refractivity contribution in [2.75, 3.05) is 6.54 Å². The summed E-state index contributed by atoms with van der Waals surface area (Å²) in [7, 11) is 0. The maximum Gasteiger partial charge on any atom is 0.416 e. The summed E-state index contributed by atoms with van der Waals surface area (Å²) in [5.41, 5.74) is 3.22. The highest BCUT2D eigenvalue weighted by Crippen LogP contribution is 2.29. The summed E-state index contributed by atoms with van der Waals surface area (Å²) in [4.78, 5) is 11.8. The SMILES string of the molecule is Cc1ccc2c(CNCCc3ccc(C(F)(F)F)cc3)cc(=O)oc2c1C. The Balaban J connectivity index is 1.66. The fourth-order valence-corrected chi connectivity index (χ4v) is 2.99. The van der Waals surface area contributed by atoms with Crippen molar-refractivity contribution in [1.29, 1.82) is 0 Å². The summed E-state index contributed by atoms with van der Waals surface area (Å²) in [5, 5.41) is 4.13. The van der Waals surface area contributed by atoms with Gasteiger partial charge in [0, 0.05) is 18.0 Å². The van der Waals surface area contributed by atoms with E-state index in [0.29, 0.717) is 25.1 Å². The average molecular weight is 375 g/mol. The van der Waals surface area contributed by atoms with Crippen LogP contribution in [0.15, 0.2) is 51.7 Å². The smallest absolute Gasteiger partial charge is 0.416 e. The molecule has 0 aliphatic carbocycles. The number of hydrogen-bond donors (Lipinski definition) is 1. The van der Waals surface area contributed by atoms with Gasteiger partial charge in [0.1, 0.15) is 5.58 Å². The van der Waals surface area contributed by atoms with Crippen LogP contribution in [0.5, 0.6) is 0 Å². The lowest BCUT2D eigenvalue weighted by Gasteiger charge is -2.10. The first-order valence-electron chi connectivity index (χ1n) is 8.65. The Labute approximate surface area is 154 Å². The third-order valence-electron chi connectivity index (χ3n) is 4.70. The van der Waals surface area contributed by atoms with Crippen LogP contribution in [0, 0.1) is 13.8 Å². The molecule has 3 nitrogen and oxygen atoms in total. The molecule has 0 aliphatic heterocycles. The van der Waals surface area contributed by atoms with Crippen molar-refractivity contribution < 1.29 is 17.6 Å². The summed E-state index contributed by atoms with van der Waals surface area (Å²) in [5.74, 6) is 0. The van der Waals surface area contributed by atoms with E-state index in [-0.39, 0.29) is 0 Å². The zero-order chi connectivity index (χ0) is 19.6. The first-order valence-corrected chi connectivity index (χ1v) is 8.65. The fourth-order valence-electron chi connectivity index (χ4n) is 2.99. The van der Waals surface area contributed by atoms with Gasteiger partial charge >= 0.3 is 11.8 Å². The quantitative estimate of drug-likeness (QED) is 0.516. The minimum atomic E-state index is -4.32. The van der Waals surface area contributed by atoms with E-state index in [1.165, 1.54) is 18.2 Å². The number of aryl methyl sites for hydroxylation is 2. The molecule has 2 aromatic carbocycles. The standard InChI is InChI=1S/C21H20F3NO2/c1-13-3-8-18-16(11-19(26)27-20(18)14(13)2)12-25-10-9-15-4-6-17(7-5-15)21(22,23)24/h3-8,11,25H,9-10,12H2,1-2H3. The molecule has 0 fully saturated rings. The van der Waals surface area contributed by atoms with Gasteiger partial charge in [-0.2, -0.15) is 13.2 Å². The molecule has 27 heavy (non-hydrogen) atoms. The van der Waals surface area contributed by atoms with E-state index in [4.69, 9.17) is 4.42 Å². The van der Waals surface area contributed by atoms with Gasteiger partial charge in [0.2, 0.25) is 0 Å². The second-order valence-electron chi connectivity index (χ2n) is 6.60. The summed E-state index contributed by atoms with van der Waals surface area (Å²) in [6.07, 6.45) is -3.72. The van der Waals surface area contributed by atoms with Crippen molar-refractivity contribution in [2.24, 2.45) is 0 Å². The van der Waals surface area contributed by atoms with Crippen molar-refractivity contribution >= 4 is 11.0 Å². The molecule has 0 unspecified atom stereocenters. The Morgan fingerprint density at radius 2 is 1.74 bits per heavy atom. The molecule has 6 heteroatoms. The Kier molecular flexibility index (Phi) is 5.37. The lowest BCUT2D eigenvalue weighted by atomic mass is 10.0. The van der Waals surface area contributed by atoms with Gasteiger partial charge in [0.15, 0.2) is 0 Å². The molecule has 0 saturated heterocycles. The lowest BCUT2D eigenvalue weighted by molar-refractivity contribution is -0.137. The molecule has 1 N–H and O–H groups in total. The number of rotatable bonds is 5. The fraction of sp³-hybridized carbons (Fsp3) is 0.286. The Morgan fingerprint density at radius 1 is 1.04 bits per heavy atom. The zero-order valence-corrected chi connectivity index (χ0v) is 15.1. The first kappa shape index (κ1) is 19.2. The molecule has 1 aromatic heterocycles. The predicted molar refractivity (Wildman–Crippen MR) is 98.8 cm³/mol. The highest BCUT2D eigenvalue weighted by molar-refractivity contribution is 5.83. The van der Waals surface area contributed by atoms with E-state index >= 15 is 0 Å². The summed E-state index contributed by atoms with van der Waals surface area (Å²) >= 11 is 0. The molecular weight excluding hydrogens is 355 g/mol. The van der Waals surface area contributed by atoms with Crippen LogP contribution in [-0.2, 0) is 19.1 Å². The molecule has 0 aliphatic rings. The minimum absolute atomic E-state index is 0.393. The number of alkyl halides is 3. The van der Waals surface area contributed by atoms with Gasteiger partial charge in [0.05, 0.1) is 5.56 Å². The molecule has 3 rings (SSSR count). The van der Waals surface area contributed by atoms with Gasteiger partial charge in [-0.25, -0.2) is 4.79 Å². The normalized spacial score (nSPS) is 11.9. The van der Waals surface area contributed by atoms with E-state index < -0.39 is 17.4 Å². The van der Waals surface area contributed by atoms with Gasteiger partial charge in [-0.3, -0.25) is 0 Å². The molecule has 0 spiro atoms. The molecule has 0 amide bonds. The maximum atomic E-state index is 12.6. The summed E-state index contributed by atoms with van der Waals surface area (Å²) in [6, 6.07) is 10.6. The molecule has 0 atom stereocenters. The molecule has 0 radical (unpaired) electrons. The van der Waals surface area contributed by atoms with Gasteiger partial charge in [0.25, 0.3) is 0 Å². The van der Waals surface area contributed by atoms with Gasteiger partial charge in [-0.15, -0.1) is 0 Å². The number of hydrogen-bond acceptors (Lipinski definition) is 3. The van der Waals surface area contributed by atoms with Gasteiger partial charge in [-0.1, -0.05) is 24.3 Å². The lowest BCUT2D eigenvalue weighted by Crippen LogP contribution is -2.18. The predicted octanol–water partition coefficient (Wildman–Crippen LogP) is 4.76. The van der Waals surface area contributed by atoms with Crippen molar-refractivity contribution in [3.8, 4) is 0 Å². The van der Waals surface area contributed by atoms with Gasteiger partial charge in [-0.05, 0) is 61.2 Å². The number of halogens is 3. The second kappa shape index (κ2) is 7.56. The zero-order valence-electron chi connectivity index (χ0n) is 15.1. The van der Waals surface area contributed by atoms with Crippen LogP contribution in [0.2, 0.25) is 0 Å². The number of fused-ring (bicyclic) bond motifs is 1. The van der Waals surface area contributed by atoms with E-state index in [1.54, 1.807) is 0 Å². The van der Waals surface area contributed by atoms with Crippen LogP contribution < -0.4 is 10.9 Å². The topological polar surface area (TPSA) is 42.2 Å². The van der Waals surface area contributed by atoms with E-state index in [1.807, 2.05) is 26.0 Å². The summed E-state index contributed by atoms with van der Waals surface area (Å²) < 4.78 is 43.1. The highest BCUT2D eigenvalue weighted by Gasteiger charge is 2.29. The van der Waals surface area contributed by atoms with Gasteiger partial charge < -0.3 is 9.73 Å². The number of nitrogens with one attached hydrogen (secondary N) is 1. The molecule has 3 aromatic rings. The number of benzene rings is 2. The monoisotopic (exact) mass is 375 g/mol. The molecule has 0 bridgehead atoms. The van der Waals surface area contributed by atoms with E-state index in [2.05, 4.69) is 5.32 Å². The van der Waals surface area contributed by atoms with Crippen LogP contribution in [0.25, 0.3) is 11.0 Å².